The van der Waals surface area contributed by atoms with Gasteiger partial charge in [0.15, 0.2) is 11.5 Å². The lowest BCUT2D eigenvalue weighted by Crippen LogP contribution is -2.50. The molecule has 2 aliphatic rings. The van der Waals surface area contributed by atoms with Crippen molar-refractivity contribution in [1.82, 2.24) is 4.90 Å². The SMILES string of the molecule is COC(=O)c1cc(Cl)c2c(c1C)O[C@@](C)(C1CCN(C(=O)OC(C)(C)C)CC1)O2. The van der Waals surface area contributed by atoms with Crippen molar-refractivity contribution in [2.45, 2.75) is 58.8 Å². The number of rotatable bonds is 2. The summed E-state index contributed by atoms with van der Waals surface area (Å²) in [5.41, 5.74) is 0.459. The van der Waals surface area contributed by atoms with E-state index >= 15 is 0 Å². The number of hydrogen-bond donors (Lipinski definition) is 0. The number of carbonyl (C=O) groups is 2. The van der Waals surface area contributed by atoms with Crippen LogP contribution in [-0.4, -0.2) is 48.5 Å². The molecule has 0 aliphatic carbocycles. The maximum atomic E-state index is 12.3. The first-order chi connectivity index (χ1) is 13.4. The fourth-order valence-corrected chi connectivity index (χ4v) is 3.98. The van der Waals surface area contributed by atoms with Crippen LogP contribution >= 0.6 is 11.6 Å². The summed E-state index contributed by atoms with van der Waals surface area (Å²) in [4.78, 5) is 26.0. The summed E-state index contributed by atoms with van der Waals surface area (Å²) in [7, 11) is 1.32. The van der Waals surface area contributed by atoms with Crippen molar-refractivity contribution in [2.24, 2.45) is 5.92 Å². The number of benzene rings is 1. The van der Waals surface area contributed by atoms with E-state index in [0.717, 1.165) is 0 Å². The van der Waals surface area contributed by atoms with Crippen LogP contribution in [0.2, 0.25) is 5.02 Å². The van der Waals surface area contributed by atoms with Crippen LogP contribution in [0, 0.1) is 12.8 Å². The second-order valence-electron chi connectivity index (χ2n) is 8.64. The Bertz CT molecular complexity index is 825. The van der Waals surface area contributed by atoms with Crippen molar-refractivity contribution in [1.29, 1.82) is 0 Å². The van der Waals surface area contributed by atoms with Gasteiger partial charge in [0, 0.05) is 31.5 Å². The summed E-state index contributed by atoms with van der Waals surface area (Å²) in [5.74, 6) is -0.449. The van der Waals surface area contributed by atoms with E-state index in [4.69, 9.17) is 30.5 Å². The summed E-state index contributed by atoms with van der Waals surface area (Å²) in [5, 5.41) is 0.306. The van der Waals surface area contributed by atoms with Gasteiger partial charge in [-0.1, -0.05) is 11.6 Å². The van der Waals surface area contributed by atoms with Crippen molar-refractivity contribution < 1.29 is 28.5 Å². The molecule has 0 radical (unpaired) electrons. The molecule has 0 aromatic heterocycles. The van der Waals surface area contributed by atoms with Gasteiger partial charge < -0.3 is 23.8 Å². The first-order valence-electron chi connectivity index (χ1n) is 9.72. The van der Waals surface area contributed by atoms with Crippen LogP contribution in [-0.2, 0) is 9.47 Å². The standard InChI is InChI=1S/C21H28ClNO6/c1-12-14(18(24)26-6)11-15(22)17-16(12)27-21(5,28-17)13-7-9-23(10-8-13)19(25)29-20(2,3)4/h11,13H,7-10H2,1-6H3/t21-/m1/s1. The quantitative estimate of drug-likeness (QED) is 0.646. The third kappa shape index (κ3) is 4.25. The van der Waals surface area contributed by atoms with E-state index < -0.39 is 17.4 Å². The minimum atomic E-state index is -0.925. The molecule has 3 rings (SSSR count). The Hall–Kier alpha value is -2.15. The lowest BCUT2D eigenvalue weighted by molar-refractivity contribution is -0.124. The lowest BCUT2D eigenvalue weighted by atomic mass is 9.89. The zero-order chi connectivity index (χ0) is 21.6. The van der Waals surface area contributed by atoms with Crippen LogP contribution in [0.15, 0.2) is 6.07 Å². The predicted molar refractivity (Wildman–Crippen MR) is 108 cm³/mol. The second-order valence-corrected chi connectivity index (χ2v) is 9.05. The number of hydrogen-bond acceptors (Lipinski definition) is 6. The van der Waals surface area contributed by atoms with Gasteiger partial charge in [-0.05, 0) is 46.6 Å². The van der Waals surface area contributed by atoms with Crippen molar-refractivity contribution >= 4 is 23.7 Å². The number of halogens is 1. The van der Waals surface area contributed by atoms with E-state index in [9.17, 15) is 9.59 Å². The highest BCUT2D eigenvalue weighted by Crippen LogP contribution is 2.51. The van der Waals surface area contributed by atoms with Crippen LogP contribution in [0.3, 0.4) is 0 Å². The number of esters is 1. The van der Waals surface area contributed by atoms with Crippen molar-refractivity contribution in [3.8, 4) is 11.5 Å². The molecule has 1 aromatic carbocycles. The molecule has 29 heavy (non-hydrogen) atoms. The summed E-state index contributed by atoms with van der Waals surface area (Å²) in [6.07, 6.45) is 1.09. The maximum absolute atomic E-state index is 12.3. The first-order valence-corrected chi connectivity index (χ1v) is 10.1. The smallest absolute Gasteiger partial charge is 0.410 e. The Kier molecular flexibility index (Phi) is 5.64. The Morgan fingerprint density at radius 2 is 1.79 bits per heavy atom. The minimum absolute atomic E-state index is 0.0469. The largest absolute Gasteiger partial charge is 0.465 e. The zero-order valence-electron chi connectivity index (χ0n) is 17.8. The van der Waals surface area contributed by atoms with Gasteiger partial charge in [-0.2, -0.15) is 0 Å². The molecule has 1 aromatic rings. The number of amides is 1. The van der Waals surface area contributed by atoms with Gasteiger partial charge in [0.2, 0.25) is 0 Å². The van der Waals surface area contributed by atoms with E-state index in [1.165, 1.54) is 7.11 Å². The molecule has 1 atom stereocenters. The first kappa shape index (κ1) is 21.6. The summed E-state index contributed by atoms with van der Waals surface area (Å²) in [6, 6.07) is 1.54. The van der Waals surface area contributed by atoms with Gasteiger partial charge in [-0.3, -0.25) is 0 Å². The third-order valence-corrected chi connectivity index (χ3v) is 5.62. The second kappa shape index (κ2) is 7.59. The van der Waals surface area contributed by atoms with Crippen molar-refractivity contribution in [3.63, 3.8) is 0 Å². The van der Waals surface area contributed by atoms with Gasteiger partial charge in [0.1, 0.15) is 5.60 Å². The average molecular weight is 426 g/mol. The molecule has 0 N–H and O–H groups in total. The molecular formula is C21H28ClNO6. The lowest BCUT2D eigenvalue weighted by Gasteiger charge is -2.39. The molecule has 1 saturated heterocycles. The Morgan fingerprint density at radius 1 is 1.21 bits per heavy atom. The van der Waals surface area contributed by atoms with Crippen LogP contribution in [0.25, 0.3) is 0 Å². The number of nitrogens with zero attached hydrogens (tertiary/aromatic N) is 1. The van der Waals surface area contributed by atoms with Gasteiger partial charge in [-0.25, -0.2) is 9.59 Å². The number of piperidine rings is 1. The molecule has 7 nitrogen and oxygen atoms in total. The molecule has 0 bridgehead atoms. The number of fused-ring (bicyclic) bond motifs is 1. The van der Waals surface area contributed by atoms with E-state index in [0.29, 0.717) is 53.6 Å². The molecule has 2 heterocycles. The van der Waals surface area contributed by atoms with Crippen molar-refractivity contribution in [2.75, 3.05) is 20.2 Å². The maximum Gasteiger partial charge on any atom is 0.410 e. The van der Waals surface area contributed by atoms with E-state index in [1.807, 2.05) is 27.7 Å². The molecule has 0 spiro atoms. The normalized spacial score (nSPS) is 21.8. The number of ether oxygens (including phenoxy) is 4. The predicted octanol–water partition coefficient (Wildman–Crippen LogP) is 4.57. The van der Waals surface area contributed by atoms with E-state index in [-0.39, 0.29) is 12.0 Å². The zero-order valence-corrected chi connectivity index (χ0v) is 18.5. The van der Waals surface area contributed by atoms with Gasteiger partial charge in [-0.15, -0.1) is 0 Å². The molecule has 2 aliphatic heterocycles. The molecule has 1 amide bonds. The Morgan fingerprint density at radius 3 is 2.34 bits per heavy atom. The van der Waals surface area contributed by atoms with Crippen LogP contribution < -0.4 is 9.47 Å². The molecule has 0 unspecified atom stereocenters. The number of methoxy groups -OCH3 is 1. The van der Waals surface area contributed by atoms with Crippen LogP contribution in [0.5, 0.6) is 11.5 Å². The highest BCUT2D eigenvalue weighted by atomic mass is 35.5. The molecular weight excluding hydrogens is 398 g/mol. The fourth-order valence-electron chi connectivity index (χ4n) is 3.75. The number of carbonyl (C=O) groups excluding carboxylic acids is 2. The molecule has 8 heteroatoms. The summed E-state index contributed by atoms with van der Waals surface area (Å²) in [6.45, 7) is 10.3. The molecule has 1 fully saturated rings. The van der Waals surface area contributed by atoms with Crippen molar-refractivity contribution in [3.05, 3.63) is 22.2 Å². The minimum Gasteiger partial charge on any atom is -0.465 e. The Labute approximate surface area is 176 Å². The highest BCUT2D eigenvalue weighted by molar-refractivity contribution is 6.32. The van der Waals surface area contributed by atoms with Gasteiger partial charge >= 0.3 is 12.1 Å². The molecule has 160 valence electrons. The van der Waals surface area contributed by atoms with Crippen LogP contribution in [0.4, 0.5) is 4.79 Å². The molecule has 0 saturated carbocycles. The highest BCUT2D eigenvalue weighted by Gasteiger charge is 2.47. The van der Waals surface area contributed by atoms with Gasteiger partial charge in [0.25, 0.3) is 5.79 Å². The monoisotopic (exact) mass is 425 g/mol. The summed E-state index contributed by atoms with van der Waals surface area (Å²) < 4.78 is 22.6. The average Bonchev–Trinajstić information content (AvgIpc) is 3.03. The van der Waals surface area contributed by atoms with Gasteiger partial charge in [0.05, 0.1) is 17.7 Å². The van der Waals surface area contributed by atoms with E-state index in [1.54, 1.807) is 17.9 Å². The third-order valence-electron chi connectivity index (χ3n) is 5.34. The summed E-state index contributed by atoms with van der Waals surface area (Å²) >= 11 is 6.36. The number of likely N-dealkylation sites (tertiary alicyclic amines) is 1. The fraction of sp³-hybridized carbons (Fsp3) is 0.619. The van der Waals surface area contributed by atoms with E-state index in [2.05, 4.69) is 0 Å². The van der Waals surface area contributed by atoms with Crippen LogP contribution in [0.1, 0.15) is 56.5 Å². The topological polar surface area (TPSA) is 74.3 Å². The Balaban J connectivity index is 1.73.